The SMILES string of the molecule is C=C(C)[C@H](O)CC(=O)C[C@H](C[C@H](CCOCc1ccccc1)O[Si](CC)(CC)CC)O[Si](C)(C)C(C)(C)C. The van der Waals surface area contributed by atoms with Gasteiger partial charge in [0.05, 0.1) is 18.8 Å². The maximum absolute atomic E-state index is 13.0. The molecule has 7 heteroatoms. The van der Waals surface area contributed by atoms with E-state index in [9.17, 15) is 9.90 Å². The second-order valence-electron chi connectivity index (χ2n) is 12.4. The molecule has 0 unspecified atom stereocenters. The van der Waals surface area contributed by atoms with Crippen LogP contribution < -0.4 is 0 Å². The number of ether oxygens (including phenoxy) is 1. The fourth-order valence-electron chi connectivity index (χ4n) is 4.34. The van der Waals surface area contributed by atoms with Crippen LogP contribution in [0.25, 0.3) is 0 Å². The molecule has 0 aliphatic carbocycles. The Morgan fingerprint density at radius 1 is 0.974 bits per heavy atom. The maximum atomic E-state index is 13.0. The van der Waals surface area contributed by atoms with Gasteiger partial charge in [0, 0.05) is 25.6 Å². The van der Waals surface area contributed by atoms with Crippen molar-refractivity contribution in [1.82, 2.24) is 0 Å². The van der Waals surface area contributed by atoms with Crippen molar-refractivity contribution in [2.45, 2.75) is 135 Å². The number of Topliss-reactive ketones (excluding diaryl/α,β-unsaturated/α-hetero) is 1. The van der Waals surface area contributed by atoms with Gasteiger partial charge >= 0.3 is 0 Å². The molecule has 1 rings (SSSR count). The number of carbonyl (C=O) groups excluding carboxylic acids is 1. The molecular formula is C31H56O5Si2. The molecule has 0 aliphatic heterocycles. The molecule has 0 saturated carbocycles. The molecule has 0 aliphatic rings. The number of rotatable bonds is 19. The summed E-state index contributed by atoms with van der Waals surface area (Å²) in [6, 6.07) is 13.4. The van der Waals surface area contributed by atoms with Crippen LogP contribution in [0.2, 0.25) is 36.3 Å². The number of benzene rings is 1. The molecule has 0 bridgehead atoms. The highest BCUT2D eigenvalue weighted by molar-refractivity contribution is 6.74. The largest absolute Gasteiger partial charge is 0.414 e. The van der Waals surface area contributed by atoms with Crippen LogP contribution in [0.15, 0.2) is 42.5 Å². The molecule has 3 atom stereocenters. The molecule has 0 amide bonds. The van der Waals surface area contributed by atoms with E-state index in [0.29, 0.717) is 25.2 Å². The zero-order valence-electron chi connectivity index (χ0n) is 25.8. The standard InChI is InChI=1S/C31H56O5Si2/c1-11-38(12-2,13-3)36-28(19-20-34-24-26-17-15-14-16-18-26)23-29(35-37(9,10)31(6,7)8)21-27(32)22-30(33)25(4)5/h14-18,28-30,33H,4,11-13,19-24H2,1-3,5-10H3/t28-,29+,30+/m0/s1. The summed E-state index contributed by atoms with van der Waals surface area (Å²) in [5, 5.41) is 10.3. The van der Waals surface area contributed by atoms with Gasteiger partial charge in [-0.25, -0.2) is 0 Å². The average molecular weight is 565 g/mol. The number of hydrogen-bond acceptors (Lipinski definition) is 5. The smallest absolute Gasteiger partial charge is 0.192 e. The Labute approximate surface area is 235 Å². The third-order valence-corrected chi connectivity index (χ3v) is 17.5. The Balaban J connectivity index is 3.11. The van der Waals surface area contributed by atoms with Gasteiger partial charge in [0.25, 0.3) is 0 Å². The van der Waals surface area contributed by atoms with Crippen LogP contribution in [-0.2, 0) is 25.0 Å². The van der Waals surface area contributed by atoms with Crippen LogP contribution in [0.5, 0.6) is 0 Å². The third kappa shape index (κ3) is 12.0. The monoisotopic (exact) mass is 564 g/mol. The molecule has 1 N–H and O–H groups in total. The predicted octanol–water partition coefficient (Wildman–Crippen LogP) is 8.05. The molecule has 38 heavy (non-hydrogen) atoms. The summed E-state index contributed by atoms with van der Waals surface area (Å²) in [5.41, 5.74) is 1.77. The minimum absolute atomic E-state index is 0.00766. The fourth-order valence-corrected chi connectivity index (χ4v) is 8.63. The van der Waals surface area contributed by atoms with E-state index in [0.717, 1.165) is 30.1 Å². The van der Waals surface area contributed by atoms with E-state index >= 15 is 0 Å². The Morgan fingerprint density at radius 2 is 1.55 bits per heavy atom. The van der Waals surface area contributed by atoms with E-state index in [1.54, 1.807) is 6.92 Å². The van der Waals surface area contributed by atoms with Crippen molar-refractivity contribution in [2.75, 3.05) is 6.61 Å². The molecule has 0 heterocycles. The fraction of sp³-hybridized carbons (Fsp3) is 0.710. The molecule has 0 radical (unpaired) electrons. The molecule has 0 saturated heterocycles. The predicted molar refractivity (Wildman–Crippen MR) is 165 cm³/mol. The number of aliphatic hydroxyl groups is 1. The van der Waals surface area contributed by atoms with Gasteiger partial charge in [-0.1, -0.05) is 84.0 Å². The molecule has 1 aromatic rings. The summed E-state index contributed by atoms with van der Waals surface area (Å²) in [6.07, 6.45) is 0.681. The zero-order chi connectivity index (χ0) is 29.0. The lowest BCUT2D eigenvalue weighted by atomic mass is 10.00. The zero-order valence-corrected chi connectivity index (χ0v) is 27.8. The van der Waals surface area contributed by atoms with Crippen LogP contribution in [0.1, 0.15) is 79.7 Å². The summed E-state index contributed by atoms with van der Waals surface area (Å²) >= 11 is 0. The van der Waals surface area contributed by atoms with Crippen LogP contribution in [0.3, 0.4) is 0 Å². The van der Waals surface area contributed by atoms with E-state index in [-0.39, 0.29) is 35.9 Å². The first kappa shape index (κ1) is 34.9. The molecule has 0 fully saturated rings. The van der Waals surface area contributed by atoms with E-state index in [1.165, 1.54) is 0 Å². The molecule has 1 aromatic carbocycles. The van der Waals surface area contributed by atoms with Crippen molar-refractivity contribution in [3.05, 3.63) is 48.0 Å². The minimum atomic E-state index is -2.14. The lowest BCUT2D eigenvalue weighted by molar-refractivity contribution is -0.122. The van der Waals surface area contributed by atoms with E-state index in [2.05, 4.69) is 73.3 Å². The summed E-state index contributed by atoms with van der Waals surface area (Å²) in [4.78, 5) is 13.0. The van der Waals surface area contributed by atoms with E-state index in [1.807, 2.05) is 18.2 Å². The molecule has 5 nitrogen and oxygen atoms in total. The van der Waals surface area contributed by atoms with Gasteiger partial charge in [-0.15, -0.1) is 0 Å². The van der Waals surface area contributed by atoms with Crippen molar-refractivity contribution >= 4 is 22.4 Å². The number of hydrogen-bond donors (Lipinski definition) is 1. The van der Waals surface area contributed by atoms with Crippen LogP contribution in [0.4, 0.5) is 0 Å². The molecule has 0 spiro atoms. The Kier molecular flexibility index (Phi) is 14.9. The lowest BCUT2D eigenvalue weighted by Crippen LogP contribution is -2.47. The number of ketones is 1. The van der Waals surface area contributed by atoms with Crippen LogP contribution >= 0.6 is 0 Å². The highest BCUT2D eigenvalue weighted by Crippen LogP contribution is 2.39. The Bertz CT molecular complexity index is 822. The van der Waals surface area contributed by atoms with Gasteiger partial charge in [0.2, 0.25) is 0 Å². The summed E-state index contributed by atoms with van der Waals surface area (Å²) in [5.74, 6) is 0.00766. The first-order chi connectivity index (χ1) is 17.7. The highest BCUT2D eigenvalue weighted by atomic mass is 28.4. The number of aliphatic hydroxyl groups excluding tert-OH is 1. The Hall–Kier alpha value is -1.10. The molecule has 218 valence electrons. The molecule has 0 aromatic heterocycles. The average Bonchev–Trinajstić information content (AvgIpc) is 2.84. The quantitative estimate of drug-likeness (QED) is 0.105. The summed E-state index contributed by atoms with van der Waals surface area (Å²) in [6.45, 7) is 24.6. The number of carbonyl (C=O) groups is 1. The van der Waals surface area contributed by atoms with Crippen molar-refractivity contribution in [2.24, 2.45) is 0 Å². The van der Waals surface area contributed by atoms with Crippen LogP contribution in [-0.4, -0.2) is 52.4 Å². The van der Waals surface area contributed by atoms with E-state index in [4.69, 9.17) is 13.6 Å². The first-order valence-corrected chi connectivity index (χ1v) is 19.9. The van der Waals surface area contributed by atoms with Gasteiger partial charge in [-0.3, -0.25) is 4.79 Å². The van der Waals surface area contributed by atoms with Crippen molar-refractivity contribution in [3.63, 3.8) is 0 Å². The van der Waals surface area contributed by atoms with Crippen molar-refractivity contribution < 1.29 is 23.5 Å². The first-order valence-electron chi connectivity index (χ1n) is 14.5. The van der Waals surface area contributed by atoms with Crippen molar-refractivity contribution in [1.29, 1.82) is 0 Å². The van der Waals surface area contributed by atoms with Crippen LogP contribution in [0, 0.1) is 0 Å². The minimum Gasteiger partial charge on any atom is -0.414 e. The Morgan fingerprint density at radius 3 is 2.05 bits per heavy atom. The highest BCUT2D eigenvalue weighted by Gasteiger charge is 2.41. The summed E-state index contributed by atoms with van der Waals surface area (Å²) < 4.78 is 19.9. The normalized spacial score (nSPS) is 15.2. The topological polar surface area (TPSA) is 65.0 Å². The third-order valence-electron chi connectivity index (χ3n) is 8.28. The second-order valence-corrected chi connectivity index (χ2v) is 21.8. The van der Waals surface area contributed by atoms with Gasteiger partial charge in [0.15, 0.2) is 16.6 Å². The van der Waals surface area contributed by atoms with Gasteiger partial charge in [-0.05, 0) is 61.6 Å². The molecular weight excluding hydrogens is 509 g/mol. The summed E-state index contributed by atoms with van der Waals surface area (Å²) in [7, 11) is -4.02. The maximum Gasteiger partial charge on any atom is 0.192 e. The van der Waals surface area contributed by atoms with Gasteiger partial charge in [0.1, 0.15) is 5.78 Å². The van der Waals surface area contributed by atoms with E-state index < -0.39 is 22.7 Å². The van der Waals surface area contributed by atoms with Gasteiger partial charge < -0.3 is 18.7 Å². The second kappa shape index (κ2) is 16.2. The van der Waals surface area contributed by atoms with Crippen molar-refractivity contribution in [3.8, 4) is 0 Å². The lowest BCUT2D eigenvalue weighted by Gasteiger charge is -2.41. The van der Waals surface area contributed by atoms with Gasteiger partial charge in [-0.2, -0.15) is 0 Å².